The molecular weight excluding hydrogens is 655 g/mol. The largest absolute Gasteiger partial charge is 0.432 e. The van der Waals surface area contributed by atoms with E-state index in [0.29, 0.717) is 42.5 Å². The monoisotopic (exact) mass is 696 g/mol. The van der Waals surface area contributed by atoms with E-state index >= 15 is 13.2 Å². The Morgan fingerprint density at radius 1 is 0.694 bits per heavy atom. The summed E-state index contributed by atoms with van der Waals surface area (Å²) in [5, 5.41) is 0. The summed E-state index contributed by atoms with van der Waals surface area (Å²) in [7, 11) is 0. The lowest BCUT2D eigenvalue weighted by atomic mass is 9.75. The molecule has 266 valence electrons. The SMILES string of the molecule is CCCCCC1CCC(c2ccc(C3CCC(C(F)(F)Oc4ccc(-c5cc(F)c(C=CC(F)(F)F)c(F)c5)c(F)c4)CC3)c(F)c2)CC1. The van der Waals surface area contributed by atoms with Crippen molar-refractivity contribution in [1.29, 1.82) is 0 Å². The van der Waals surface area contributed by atoms with Crippen molar-refractivity contribution in [3.63, 3.8) is 0 Å². The summed E-state index contributed by atoms with van der Waals surface area (Å²) in [4.78, 5) is 0. The fraction of sp³-hybridized carbons (Fsp3) is 0.487. The van der Waals surface area contributed by atoms with Gasteiger partial charge in [0, 0.05) is 23.3 Å². The summed E-state index contributed by atoms with van der Waals surface area (Å²) in [6.45, 7) is 2.20. The van der Waals surface area contributed by atoms with Crippen LogP contribution in [0.3, 0.4) is 0 Å². The van der Waals surface area contributed by atoms with Crippen LogP contribution in [0.1, 0.15) is 112 Å². The summed E-state index contributed by atoms with van der Waals surface area (Å²) in [5.41, 5.74) is -0.108. The molecule has 0 heterocycles. The van der Waals surface area contributed by atoms with Gasteiger partial charge < -0.3 is 4.74 Å². The van der Waals surface area contributed by atoms with Gasteiger partial charge in [-0.15, -0.1) is 0 Å². The van der Waals surface area contributed by atoms with Gasteiger partial charge in [-0.3, -0.25) is 0 Å². The summed E-state index contributed by atoms with van der Waals surface area (Å²) < 4.78 is 132. The molecule has 3 aromatic rings. The van der Waals surface area contributed by atoms with Gasteiger partial charge in [0.15, 0.2) is 0 Å². The summed E-state index contributed by atoms with van der Waals surface area (Å²) in [5.74, 6) is -4.93. The molecule has 2 fully saturated rings. The molecule has 2 aliphatic carbocycles. The van der Waals surface area contributed by atoms with Crippen molar-refractivity contribution in [3.05, 3.63) is 94.6 Å². The summed E-state index contributed by atoms with van der Waals surface area (Å²) in [6.07, 6.45) is 1.69. The lowest BCUT2D eigenvalue weighted by Crippen LogP contribution is -2.37. The van der Waals surface area contributed by atoms with Gasteiger partial charge in [0.2, 0.25) is 0 Å². The second kappa shape index (κ2) is 15.6. The minimum absolute atomic E-state index is 0.0646. The van der Waals surface area contributed by atoms with Crippen molar-refractivity contribution in [2.24, 2.45) is 11.8 Å². The van der Waals surface area contributed by atoms with Gasteiger partial charge >= 0.3 is 12.3 Å². The molecule has 0 atom stereocenters. The van der Waals surface area contributed by atoms with E-state index in [-0.39, 0.29) is 47.9 Å². The van der Waals surface area contributed by atoms with Gasteiger partial charge in [0.05, 0.1) is 5.92 Å². The highest BCUT2D eigenvalue weighted by Crippen LogP contribution is 2.45. The molecule has 0 aromatic heterocycles. The molecule has 0 saturated heterocycles. The van der Waals surface area contributed by atoms with Gasteiger partial charge in [-0.2, -0.15) is 22.0 Å². The Labute approximate surface area is 281 Å². The van der Waals surface area contributed by atoms with Crippen LogP contribution in [-0.4, -0.2) is 12.3 Å². The molecule has 0 amide bonds. The molecule has 0 radical (unpaired) electrons. The van der Waals surface area contributed by atoms with Gasteiger partial charge in [-0.05, 0) is 122 Å². The fourth-order valence-electron chi connectivity index (χ4n) is 7.45. The molecule has 5 rings (SSSR count). The molecule has 0 bridgehead atoms. The minimum atomic E-state index is -4.79. The lowest BCUT2D eigenvalue weighted by molar-refractivity contribution is -0.222. The Hall–Kier alpha value is -3.43. The van der Waals surface area contributed by atoms with Crippen molar-refractivity contribution in [3.8, 4) is 16.9 Å². The minimum Gasteiger partial charge on any atom is -0.432 e. The smallest absolute Gasteiger partial charge is 0.409 e. The molecule has 0 spiro atoms. The normalized spacial score (nSPS) is 22.1. The van der Waals surface area contributed by atoms with Crippen molar-refractivity contribution < 1.29 is 44.3 Å². The van der Waals surface area contributed by atoms with Crippen LogP contribution in [0.15, 0.2) is 54.6 Å². The molecule has 0 N–H and O–H groups in total. The first-order valence-corrected chi connectivity index (χ1v) is 17.1. The average Bonchev–Trinajstić information content (AvgIpc) is 3.04. The van der Waals surface area contributed by atoms with E-state index in [2.05, 4.69) is 6.92 Å². The average molecular weight is 697 g/mol. The zero-order valence-electron chi connectivity index (χ0n) is 27.4. The van der Waals surface area contributed by atoms with Gasteiger partial charge in [0.1, 0.15) is 29.0 Å². The first kappa shape index (κ1) is 36.8. The van der Waals surface area contributed by atoms with Crippen molar-refractivity contribution >= 4 is 6.08 Å². The number of rotatable bonds is 11. The number of benzene rings is 3. The third kappa shape index (κ3) is 9.43. The predicted octanol–water partition coefficient (Wildman–Crippen LogP) is 13.3. The molecule has 3 aromatic carbocycles. The first-order valence-electron chi connectivity index (χ1n) is 17.1. The van der Waals surface area contributed by atoms with Crippen LogP contribution in [0.25, 0.3) is 17.2 Å². The van der Waals surface area contributed by atoms with Crippen molar-refractivity contribution in [2.75, 3.05) is 0 Å². The van der Waals surface area contributed by atoms with Crippen LogP contribution in [0, 0.1) is 35.1 Å². The topological polar surface area (TPSA) is 9.23 Å². The maximum absolute atomic E-state index is 15.3. The van der Waals surface area contributed by atoms with E-state index in [1.54, 1.807) is 6.07 Å². The Morgan fingerprint density at radius 2 is 1.35 bits per heavy atom. The van der Waals surface area contributed by atoms with Crippen LogP contribution in [-0.2, 0) is 0 Å². The first-order chi connectivity index (χ1) is 23.2. The number of halogens is 9. The zero-order valence-corrected chi connectivity index (χ0v) is 27.4. The van der Waals surface area contributed by atoms with E-state index in [1.165, 1.54) is 25.7 Å². The number of hydrogen-bond donors (Lipinski definition) is 0. The molecular formula is C39H41F9O. The molecule has 49 heavy (non-hydrogen) atoms. The number of allylic oxidation sites excluding steroid dienone is 1. The quantitative estimate of drug-likeness (QED) is 0.143. The molecule has 10 heteroatoms. The van der Waals surface area contributed by atoms with Gasteiger partial charge in [-0.1, -0.05) is 44.7 Å². The zero-order chi connectivity index (χ0) is 35.3. The third-order valence-electron chi connectivity index (χ3n) is 10.2. The van der Waals surface area contributed by atoms with E-state index in [4.69, 9.17) is 4.74 Å². The molecule has 2 aliphatic rings. The van der Waals surface area contributed by atoms with Crippen LogP contribution >= 0.6 is 0 Å². The van der Waals surface area contributed by atoms with Crippen LogP contribution in [0.4, 0.5) is 39.5 Å². The maximum Gasteiger partial charge on any atom is 0.409 e. The Bertz CT molecular complexity index is 1570. The third-order valence-corrected chi connectivity index (χ3v) is 10.2. The molecule has 0 unspecified atom stereocenters. The fourth-order valence-corrected chi connectivity index (χ4v) is 7.45. The number of ether oxygens (including phenoxy) is 1. The summed E-state index contributed by atoms with van der Waals surface area (Å²) >= 11 is 0. The number of alkyl halides is 5. The van der Waals surface area contributed by atoms with E-state index in [1.807, 2.05) is 12.1 Å². The van der Waals surface area contributed by atoms with E-state index < -0.39 is 47.0 Å². The Morgan fingerprint density at radius 3 is 1.94 bits per heavy atom. The van der Waals surface area contributed by atoms with Crippen molar-refractivity contribution in [2.45, 2.75) is 108 Å². The van der Waals surface area contributed by atoms with Crippen molar-refractivity contribution in [1.82, 2.24) is 0 Å². The van der Waals surface area contributed by atoms with Gasteiger partial charge in [0.25, 0.3) is 0 Å². The molecule has 0 aliphatic heterocycles. The highest BCUT2D eigenvalue weighted by Gasteiger charge is 2.44. The highest BCUT2D eigenvalue weighted by molar-refractivity contribution is 5.68. The maximum atomic E-state index is 15.3. The van der Waals surface area contributed by atoms with Gasteiger partial charge in [-0.25, -0.2) is 17.6 Å². The predicted molar refractivity (Wildman–Crippen MR) is 172 cm³/mol. The second-order valence-corrected chi connectivity index (χ2v) is 13.6. The summed E-state index contributed by atoms with van der Waals surface area (Å²) in [6, 6.07) is 9.43. The number of unbranched alkanes of at least 4 members (excludes halogenated alkanes) is 2. The Balaban J connectivity index is 1.17. The van der Waals surface area contributed by atoms with Crippen LogP contribution in [0.2, 0.25) is 0 Å². The number of hydrogen-bond acceptors (Lipinski definition) is 1. The van der Waals surface area contributed by atoms with E-state index in [0.717, 1.165) is 49.3 Å². The van der Waals surface area contributed by atoms with Crippen LogP contribution < -0.4 is 4.74 Å². The lowest BCUT2D eigenvalue weighted by Gasteiger charge is -2.34. The van der Waals surface area contributed by atoms with Crippen LogP contribution in [0.5, 0.6) is 5.75 Å². The molecule has 1 nitrogen and oxygen atoms in total. The molecule has 2 saturated carbocycles. The van der Waals surface area contributed by atoms with E-state index in [9.17, 15) is 26.3 Å². The highest BCUT2D eigenvalue weighted by atomic mass is 19.4. The Kier molecular flexibility index (Phi) is 11.8. The standard InChI is InChI=1S/C39H41F9O/c1-2-3-4-5-24-6-8-25(9-7-24)27-12-16-31(34(40)20-27)26-10-13-29(14-11-26)39(47,48)49-30-15-17-32(37(43)23-30)28-21-35(41)33(36(42)22-28)18-19-38(44,45)46/h12,15-26,29H,2-11,13-14H2,1H3. The second-order valence-electron chi connectivity index (χ2n) is 13.6.